The maximum absolute atomic E-state index is 12.9. The molecule has 1 aromatic carbocycles. The predicted molar refractivity (Wildman–Crippen MR) is 81.0 cm³/mol. The Bertz CT molecular complexity index is 1010. The van der Waals surface area contributed by atoms with Crippen molar-refractivity contribution in [3.05, 3.63) is 48.0 Å². The Kier molecular flexibility index (Phi) is 3.17. The number of hydrogen-bond acceptors (Lipinski definition) is 5. The molecule has 4 rings (SSSR count). The molecule has 24 heavy (non-hydrogen) atoms. The van der Waals surface area contributed by atoms with Crippen molar-refractivity contribution in [3.63, 3.8) is 0 Å². The van der Waals surface area contributed by atoms with Gasteiger partial charge in [0.15, 0.2) is 5.01 Å². The molecule has 122 valence electrons. The monoisotopic (exact) mass is 350 g/mol. The number of benzene rings is 1. The molecule has 0 unspecified atom stereocenters. The maximum atomic E-state index is 12.9. The van der Waals surface area contributed by atoms with Crippen LogP contribution in [-0.2, 0) is 6.18 Å². The van der Waals surface area contributed by atoms with Crippen molar-refractivity contribution in [2.45, 2.75) is 13.1 Å². The number of halogens is 3. The van der Waals surface area contributed by atoms with Crippen molar-refractivity contribution in [1.29, 1.82) is 0 Å². The highest BCUT2D eigenvalue weighted by atomic mass is 32.1. The van der Waals surface area contributed by atoms with Gasteiger partial charge in [0, 0.05) is 0 Å². The minimum Gasteiger partial charge on any atom is -0.237 e. The van der Waals surface area contributed by atoms with Gasteiger partial charge in [-0.3, -0.25) is 0 Å². The molecule has 0 saturated heterocycles. The first-order valence-corrected chi connectivity index (χ1v) is 7.66. The number of para-hydroxylation sites is 1. The highest BCUT2D eigenvalue weighted by molar-refractivity contribution is 7.19. The van der Waals surface area contributed by atoms with E-state index in [4.69, 9.17) is 0 Å². The highest BCUT2D eigenvalue weighted by Crippen LogP contribution is 2.33. The van der Waals surface area contributed by atoms with Gasteiger partial charge in [-0.25, -0.2) is 4.68 Å². The van der Waals surface area contributed by atoms with E-state index in [1.165, 1.54) is 0 Å². The molecule has 0 saturated carbocycles. The quantitative estimate of drug-likeness (QED) is 0.556. The number of nitrogens with zero attached hydrogens (tertiary/aromatic N) is 6. The van der Waals surface area contributed by atoms with Gasteiger partial charge in [-0.15, -0.1) is 10.2 Å². The highest BCUT2D eigenvalue weighted by Gasteiger charge is 2.38. The lowest BCUT2D eigenvalue weighted by molar-refractivity contribution is -0.146. The second-order valence-corrected chi connectivity index (χ2v) is 5.97. The molecule has 3 heterocycles. The lowest BCUT2D eigenvalue weighted by atomic mass is 10.2. The van der Waals surface area contributed by atoms with Crippen molar-refractivity contribution >= 4 is 16.3 Å². The predicted octanol–water partition coefficient (Wildman–Crippen LogP) is 3.37. The molecule has 0 atom stereocenters. The summed E-state index contributed by atoms with van der Waals surface area (Å²) in [5, 5.41) is 15.4. The molecule has 0 N–H and O–H groups in total. The Morgan fingerprint density at radius 3 is 2.54 bits per heavy atom. The summed E-state index contributed by atoms with van der Waals surface area (Å²) in [6, 6.07) is 9.45. The molecule has 0 bridgehead atoms. The number of fused-ring (bicyclic) bond motifs is 1. The van der Waals surface area contributed by atoms with Gasteiger partial charge in [0.1, 0.15) is 0 Å². The van der Waals surface area contributed by atoms with Gasteiger partial charge in [0.25, 0.3) is 5.82 Å². The maximum Gasteiger partial charge on any atom is 0.453 e. The summed E-state index contributed by atoms with van der Waals surface area (Å²) in [7, 11) is 0. The van der Waals surface area contributed by atoms with Gasteiger partial charge in [-0.05, 0) is 19.1 Å². The van der Waals surface area contributed by atoms with Gasteiger partial charge in [0.2, 0.25) is 4.96 Å². The molecule has 0 amide bonds. The zero-order valence-corrected chi connectivity index (χ0v) is 13.0. The van der Waals surface area contributed by atoms with Crippen LogP contribution < -0.4 is 0 Å². The van der Waals surface area contributed by atoms with Crippen LogP contribution in [0, 0.1) is 6.92 Å². The van der Waals surface area contributed by atoms with Crippen molar-refractivity contribution in [2.24, 2.45) is 0 Å². The summed E-state index contributed by atoms with van der Waals surface area (Å²) < 4.78 is 41.1. The third kappa shape index (κ3) is 2.26. The molecular formula is C14H9F3N6S. The summed E-state index contributed by atoms with van der Waals surface area (Å²) in [4.78, 5) is 0.0872. The van der Waals surface area contributed by atoms with E-state index in [2.05, 4.69) is 20.4 Å². The summed E-state index contributed by atoms with van der Waals surface area (Å²) in [5.74, 6) is -1.13. The van der Waals surface area contributed by atoms with E-state index in [0.29, 0.717) is 10.6 Å². The van der Waals surface area contributed by atoms with Crippen LogP contribution in [0.15, 0.2) is 36.5 Å². The smallest absolute Gasteiger partial charge is 0.237 e. The third-order valence-corrected chi connectivity index (χ3v) is 4.42. The number of rotatable bonds is 2. The molecule has 4 aromatic rings. The second kappa shape index (κ2) is 5.13. The summed E-state index contributed by atoms with van der Waals surface area (Å²) in [6.45, 7) is 1.84. The van der Waals surface area contributed by atoms with Crippen LogP contribution in [0.5, 0.6) is 0 Å². The average Bonchev–Trinajstić information content (AvgIpc) is 3.20. The summed E-state index contributed by atoms with van der Waals surface area (Å²) in [6.07, 6.45) is -3.02. The Hall–Kier alpha value is -2.75. The number of hydrogen-bond donors (Lipinski definition) is 0. The van der Waals surface area contributed by atoms with E-state index in [1.54, 1.807) is 10.9 Å². The number of alkyl halides is 3. The lowest BCUT2D eigenvalue weighted by Crippen LogP contribution is -2.11. The van der Waals surface area contributed by atoms with Crippen molar-refractivity contribution < 1.29 is 13.2 Å². The Labute approximate surface area is 137 Å². The van der Waals surface area contributed by atoms with Crippen molar-refractivity contribution in [3.8, 4) is 16.3 Å². The zero-order chi connectivity index (χ0) is 16.9. The average molecular weight is 350 g/mol. The van der Waals surface area contributed by atoms with Crippen LogP contribution in [0.3, 0.4) is 0 Å². The van der Waals surface area contributed by atoms with Crippen molar-refractivity contribution in [1.82, 2.24) is 29.6 Å². The molecule has 0 spiro atoms. The molecule has 10 heteroatoms. The van der Waals surface area contributed by atoms with E-state index in [1.807, 2.05) is 37.3 Å². The minimum absolute atomic E-state index is 0.0872. The van der Waals surface area contributed by atoms with Crippen LogP contribution in [0.25, 0.3) is 21.2 Å². The van der Waals surface area contributed by atoms with E-state index < -0.39 is 12.0 Å². The van der Waals surface area contributed by atoms with E-state index in [-0.39, 0.29) is 4.96 Å². The number of aromatic nitrogens is 6. The molecule has 0 radical (unpaired) electrons. The topological polar surface area (TPSA) is 60.9 Å². The van der Waals surface area contributed by atoms with Crippen molar-refractivity contribution in [2.75, 3.05) is 0 Å². The van der Waals surface area contributed by atoms with Gasteiger partial charge in [-0.2, -0.15) is 27.9 Å². The molecule has 0 aliphatic carbocycles. The molecule has 3 aromatic heterocycles. The Morgan fingerprint density at radius 2 is 1.83 bits per heavy atom. The fraction of sp³-hybridized carbons (Fsp3) is 0.143. The second-order valence-electron chi connectivity index (χ2n) is 5.01. The SMILES string of the molecule is Cc1c(-c2nn3c(C(F)(F)F)nnc3s2)cnn1-c1ccccc1. The summed E-state index contributed by atoms with van der Waals surface area (Å²) in [5.41, 5.74) is 2.29. The van der Waals surface area contributed by atoms with Gasteiger partial charge in [-0.1, -0.05) is 29.5 Å². The minimum atomic E-state index is -4.60. The van der Waals surface area contributed by atoms with Crippen LogP contribution in [0.4, 0.5) is 13.2 Å². The normalized spacial score (nSPS) is 12.2. The van der Waals surface area contributed by atoms with Gasteiger partial charge >= 0.3 is 6.18 Å². The van der Waals surface area contributed by atoms with Crippen LogP contribution >= 0.6 is 11.3 Å². The van der Waals surface area contributed by atoms with Gasteiger partial charge < -0.3 is 0 Å². The van der Waals surface area contributed by atoms with E-state index in [9.17, 15) is 13.2 Å². The Morgan fingerprint density at radius 1 is 1.08 bits per heavy atom. The van der Waals surface area contributed by atoms with E-state index in [0.717, 1.165) is 27.2 Å². The molecule has 6 nitrogen and oxygen atoms in total. The van der Waals surface area contributed by atoms with Crippen LogP contribution in [-0.4, -0.2) is 29.6 Å². The first-order valence-electron chi connectivity index (χ1n) is 6.85. The summed E-state index contributed by atoms with van der Waals surface area (Å²) >= 11 is 1.03. The largest absolute Gasteiger partial charge is 0.453 e. The molecule has 0 fully saturated rings. The fourth-order valence-electron chi connectivity index (χ4n) is 2.35. The Balaban J connectivity index is 1.82. The van der Waals surface area contributed by atoms with E-state index >= 15 is 0 Å². The third-order valence-electron chi connectivity index (χ3n) is 3.49. The van der Waals surface area contributed by atoms with Crippen LogP contribution in [0.1, 0.15) is 11.5 Å². The fourth-order valence-corrected chi connectivity index (χ4v) is 3.25. The van der Waals surface area contributed by atoms with Gasteiger partial charge in [0.05, 0.1) is 23.1 Å². The molecule has 0 aliphatic heterocycles. The lowest BCUT2D eigenvalue weighted by Gasteiger charge is -2.04. The standard InChI is InChI=1S/C14H9F3N6S/c1-8-10(7-18-22(8)9-5-3-2-4-6-9)11-21-23-12(14(15,16)17)19-20-13(23)24-11/h2-7H,1H3. The zero-order valence-electron chi connectivity index (χ0n) is 12.2. The molecule has 0 aliphatic rings. The first kappa shape index (κ1) is 14.8. The van der Waals surface area contributed by atoms with Crippen LogP contribution in [0.2, 0.25) is 0 Å². The molecular weight excluding hydrogens is 341 g/mol. The first-order chi connectivity index (χ1) is 11.4.